The number of para-hydroxylation sites is 2. The fourth-order valence-electron chi connectivity index (χ4n) is 1.68. The van der Waals surface area contributed by atoms with Crippen molar-refractivity contribution < 1.29 is 9.90 Å². The summed E-state index contributed by atoms with van der Waals surface area (Å²) in [5, 5.41) is 16.9. The van der Waals surface area contributed by atoms with Crippen LogP contribution in [0.5, 0.6) is 5.75 Å². The zero-order valence-corrected chi connectivity index (χ0v) is 11.4. The molecule has 0 saturated carbocycles. The van der Waals surface area contributed by atoms with E-state index in [0.717, 1.165) is 5.56 Å². The molecule has 0 bridgehead atoms. The first-order chi connectivity index (χ1) is 9.65. The summed E-state index contributed by atoms with van der Waals surface area (Å²) in [5.74, 6) is -0.399. The van der Waals surface area contributed by atoms with E-state index in [4.69, 9.17) is 12.2 Å². The van der Waals surface area contributed by atoms with Gasteiger partial charge in [0.05, 0.1) is 12.1 Å². The van der Waals surface area contributed by atoms with Gasteiger partial charge in [0, 0.05) is 0 Å². The van der Waals surface area contributed by atoms with Crippen molar-refractivity contribution in [1.82, 2.24) is 5.32 Å². The van der Waals surface area contributed by atoms with Gasteiger partial charge in [-0.05, 0) is 29.9 Å². The molecule has 0 aliphatic rings. The highest BCUT2D eigenvalue weighted by atomic mass is 32.1. The average Bonchev–Trinajstić information content (AvgIpc) is 2.42. The van der Waals surface area contributed by atoms with E-state index >= 15 is 0 Å². The maximum absolute atomic E-state index is 11.8. The first kappa shape index (κ1) is 14.0. The number of rotatable bonds is 3. The molecule has 0 saturated heterocycles. The smallest absolute Gasteiger partial charge is 0.230 e. The van der Waals surface area contributed by atoms with Crippen LogP contribution in [0.1, 0.15) is 5.56 Å². The molecular weight excluding hydrogens is 272 g/mol. The number of hydrogen-bond donors (Lipinski definition) is 2. The molecule has 0 spiro atoms. The standard InChI is InChI=1S/C15H13N2O2S/c18-13-9-5-4-8-12(13)16-15(20)17-14(19)10-11-6-2-1-3-7-11/h1-9H,10H2,(H2,16,17,19,20). The molecular formula is C15H13N2O2S. The second-order valence-electron chi connectivity index (χ2n) is 4.16. The summed E-state index contributed by atoms with van der Waals surface area (Å²) >= 11 is 5.01. The second kappa shape index (κ2) is 6.68. The summed E-state index contributed by atoms with van der Waals surface area (Å²) < 4.78 is 0. The third-order valence-corrected chi connectivity index (χ3v) is 2.80. The maximum atomic E-state index is 11.8. The van der Waals surface area contributed by atoms with E-state index in [-0.39, 0.29) is 23.2 Å². The minimum atomic E-state index is -0.225. The van der Waals surface area contributed by atoms with E-state index in [0.29, 0.717) is 5.69 Å². The average molecular weight is 285 g/mol. The topological polar surface area (TPSA) is 61.0 Å². The third kappa shape index (κ3) is 4.07. The summed E-state index contributed by atoms with van der Waals surface area (Å²) in [7, 11) is 0. The van der Waals surface area contributed by atoms with Crippen LogP contribution in [-0.2, 0) is 16.3 Å². The van der Waals surface area contributed by atoms with Gasteiger partial charge >= 0.3 is 0 Å². The summed E-state index contributed by atoms with van der Waals surface area (Å²) in [4.78, 5) is 11.8. The Hall–Kier alpha value is -2.40. The first-order valence-corrected chi connectivity index (χ1v) is 6.47. The number of carbonyl (C=O) groups excluding carboxylic acids is 1. The lowest BCUT2D eigenvalue weighted by Gasteiger charge is -2.09. The Morgan fingerprint density at radius 1 is 1.00 bits per heavy atom. The highest BCUT2D eigenvalue weighted by molar-refractivity contribution is 7.80. The molecule has 2 aromatic rings. The Labute approximate surface area is 122 Å². The molecule has 0 fully saturated rings. The molecule has 4 nitrogen and oxygen atoms in total. The Balaban J connectivity index is 1.89. The lowest BCUT2D eigenvalue weighted by Crippen LogP contribution is -2.35. The third-order valence-electron chi connectivity index (χ3n) is 2.60. The number of thiocarbonyl (C=S) groups is 1. The SMILES string of the molecule is [O]c1ccccc1NC(=S)NC(=O)Cc1ccccc1. The minimum Gasteiger partial charge on any atom is -0.329 e. The Kier molecular flexibility index (Phi) is 4.68. The number of anilines is 1. The molecule has 0 aliphatic heterocycles. The molecule has 5 heteroatoms. The van der Waals surface area contributed by atoms with Crippen molar-refractivity contribution >= 4 is 28.9 Å². The van der Waals surface area contributed by atoms with E-state index in [9.17, 15) is 9.90 Å². The van der Waals surface area contributed by atoms with E-state index in [1.807, 2.05) is 30.3 Å². The number of carbonyl (C=O) groups is 1. The Morgan fingerprint density at radius 2 is 1.65 bits per heavy atom. The molecule has 0 atom stereocenters. The summed E-state index contributed by atoms with van der Waals surface area (Å²) in [6.07, 6.45) is 0.238. The van der Waals surface area contributed by atoms with E-state index < -0.39 is 0 Å². The zero-order valence-electron chi connectivity index (χ0n) is 10.6. The van der Waals surface area contributed by atoms with Crippen molar-refractivity contribution in [3.63, 3.8) is 0 Å². The highest BCUT2D eigenvalue weighted by Gasteiger charge is 2.08. The molecule has 0 aromatic heterocycles. The van der Waals surface area contributed by atoms with Crippen molar-refractivity contribution in [3.05, 3.63) is 60.2 Å². The van der Waals surface area contributed by atoms with E-state index in [1.54, 1.807) is 18.2 Å². The second-order valence-corrected chi connectivity index (χ2v) is 4.57. The van der Waals surface area contributed by atoms with Gasteiger partial charge in [0.25, 0.3) is 0 Å². The predicted octanol–water partition coefficient (Wildman–Crippen LogP) is 2.89. The van der Waals surface area contributed by atoms with Gasteiger partial charge in [0.15, 0.2) is 5.11 Å². The minimum absolute atomic E-state index is 0.120. The number of nitrogens with one attached hydrogen (secondary N) is 2. The van der Waals surface area contributed by atoms with Crippen LogP contribution in [0.25, 0.3) is 0 Å². The maximum Gasteiger partial charge on any atom is 0.230 e. The molecule has 0 heterocycles. The molecule has 2 aromatic carbocycles. The van der Waals surface area contributed by atoms with Crippen LogP contribution < -0.4 is 10.6 Å². The molecule has 1 radical (unpaired) electrons. The number of amides is 1. The van der Waals surface area contributed by atoms with Crippen LogP contribution in [0.2, 0.25) is 0 Å². The van der Waals surface area contributed by atoms with Gasteiger partial charge in [-0.15, -0.1) is 0 Å². The quantitative estimate of drug-likeness (QED) is 0.852. The van der Waals surface area contributed by atoms with Crippen molar-refractivity contribution in [1.29, 1.82) is 0 Å². The fourth-order valence-corrected chi connectivity index (χ4v) is 1.90. The molecule has 20 heavy (non-hydrogen) atoms. The van der Waals surface area contributed by atoms with Gasteiger partial charge in [0.1, 0.15) is 0 Å². The van der Waals surface area contributed by atoms with Crippen molar-refractivity contribution in [2.24, 2.45) is 0 Å². The van der Waals surface area contributed by atoms with Crippen LogP contribution in [0.15, 0.2) is 54.6 Å². The van der Waals surface area contributed by atoms with Crippen LogP contribution in [-0.4, -0.2) is 11.0 Å². The molecule has 101 valence electrons. The monoisotopic (exact) mass is 285 g/mol. The largest absolute Gasteiger partial charge is 0.329 e. The van der Waals surface area contributed by atoms with Crippen LogP contribution >= 0.6 is 12.2 Å². The predicted molar refractivity (Wildman–Crippen MR) is 81.1 cm³/mol. The lowest BCUT2D eigenvalue weighted by atomic mass is 10.1. The lowest BCUT2D eigenvalue weighted by molar-refractivity contribution is -0.119. The molecule has 1 amide bonds. The molecule has 2 N–H and O–H groups in total. The van der Waals surface area contributed by atoms with Gasteiger partial charge in [-0.25, -0.2) is 0 Å². The Bertz CT molecular complexity index is 614. The van der Waals surface area contributed by atoms with Gasteiger partial charge < -0.3 is 10.6 Å². The Morgan fingerprint density at radius 3 is 2.35 bits per heavy atom. The summed E-state index contributed by atoms with van der Waals surface area (Å²) in [6, 6.07) is 15.8. The van der Waals surface area contributed by atoms with Gasteiger partial charge in [-0.2, -0.15) is 0 Å². The van der Waals surface area contributed by atoms with Gasteiger partial charge in [0.2, 0.25) is 11.7 Å². The fraction of sp³-hybridized carbons (Fsp3) is 0.0667. The van der Waals surface area contributed by atoms with Gasteiger partial charge in [-0.3, -0.25) is 9.90 Å². The molecule has 0 aliphatic carbocycles. The van der Waals surface area contributed by atoms with Crippen molar-refractivity contribution in [2.45, 2.75) is 6.42 Å². The normalized spacial score (nSPS) is 9.80. The number of hydrogen-bond acceptors (Lipinski definition) is 2. The van der Waals surface area contributed by atoms with Crippen LogP contribution in [0, 0.1) is 0 Å². The van der Waals surface area contributed by atoms with E-state index in [1.165, 1.54) is 6.07 Å². The van der Waals surface area contributed by atoms with Crippen LogP contribution in [0.3, 0.4) is 0 Å². The van der Waals surface area contributed by atoms with E-state index in [2.05, 4.69) is 10.6 Å². The first-order valence-electron chi connectivity index (χ1n) is 6.06. The van der Waals surface area contributed by atoms with Crippen molar-refractivity contribution in [3.8, 4) is 5.75 Å². The van der Waals surface area contributed by atoms with Gasteiger partial charge in [-0.1, -0.05) is 42.5 Å². The van der Waals surface area contributed by atoms with Crippen LogP contribution in [0.4, 0.5) is 5.69 Å². The molecule has 0 unspecified atom stereocenters. The molecule has 2 rings (SSSR count). The summed E-state index contributed by atoms with van der Waals surface area (Å²) in [6.45, 7) is 0. The highest BCUT2D eigenvalue weighted by Crippen LogP contribution is 2.21. The summed E-state index contributed by atoms with van der Waals surface area (Å²) in [5.41, 5.74) is 1.24. The zero-order chi connectivity index (χ0) is 14.4. The van der Waals surface area contributed by atoms with Crippen molar-refractivity contribution in [2.75, 3.05) is 5.32 Å². The number of benzene rings is 2.